The van der Waals surface area contributed by atoms with Gasteiger partial charge in [-0.15, -0.1) is 0 Å². The minimum absolute atomic E-state index is 0. The van der Waals surface area contributed by atoms with Crippen molar-refractivity contribution in [2.75, 3.05) is 18.6 Å². The van der Waals surface area contributed by atoms with Crippen molar-refractivity contribution in [3.63, 3.8) is 0 Å². The van der Waals surface area contributed by atoms with Gasteiger partial charge in [-0.2, -0.15) is 0 Å². The van der Waals surface area contributed by atoms with Crippen LogP contribution in [-0.2, 0) is 28.6 Å². The van der Waals surface area contributed by atoms with Crippen LogP contribution in [0.5, 0.6) is 0 Å². The van der Waals surface area contributed by atoms with Crippen LogP contribution in [0.4, 0.5) is 0 Å². The molecule has 0 aliphatic heterocycles. The zero-order valence-corrected chi connectivity index (χ0v) is 15.9. The molecule has 0 aromatic rings. The van der Waals surface area contributed by atoms with Gasteiger partial charge in [-0.3, -0.25) is 4.57 Å². The van der Waals surface area contributed by atoms with Gasteiger partial charge < -0.3 is 4.52 Å². The minimum atomic E-state index is -2.47. The predicted octanol–water partition coefficient (Wildman–Crippen LogP) is 4.52. The van der Waals surface area contributed by atoms with Crippen LogP contribution in [0.15, 0.2) is 0 Å². The zero-order chi connectivity index (χ0) is 11.2. The molecule has 86 valence electrons. The summed E-state index contributed by atoms with van der Waals surface area (Å²) < 4.78 is 17.6. The first-order chi connectivity index (χ1) is 6.39. The molecule has 0 saturated heterocycles. The summed E-state index contributed by atoms with van der Waals surface area (Å²) in [5.74, 6) is -0.577. The summed E-state index contributed by atoms with van der Waals surface area (Å²) in [6.07, 6.45) is 1.86. The van der Waals surface area contributed by atoms with Crippen molar-refractivity contribution in [2.45, 2.75) is 27.7 Å². The Morgan fingerprint density at radius 1 is 1.20 bits per heavy atom. The molecule has 0 saturated carbocycles. The molecule has 0 radical (unpaired) electrons. The maximum atomic E-state index is 12.1. The van der Waals surface area contributed by atoms with Gasteiger partial charge in [0.25, 0.3) is 0 Å². The minimum Gasteiger partial charge on any atom is -0.313 e. The fourth-order valence-corrected chi connectivity index (χ4v) is 6.03. The van der Waals surface area contributed by atoms with E-state index in [1.165, 1.54) is 22.8 Å². The van der Waals surface area contributed by atoms with Gasteiger partial charge in [0.2, 0.25) is 0 Å². The van der Waals surface area contributed by atoms with E-state index in [2.05, 4.69) is 27.7 Å². The second kappa shape index (κ2) is 9.53. The first kappa shape index (κ1) is 18.9. The largest absolute Gasteiger partial charge is 2.00 e. The molecule has 1 atom stereocenters. The van der Waals surface area contributed by atoms with Gasteiger partial charge in [-0.1, -0.05) is 50.5 Å². The van der Waals surface area contributed by atoms with Crippen LogP contribution < -0.4 is 0 Å². The topological polar surface area (TPSA) is 26.3 Å². The van der Waals surface area contributed by atoms with Crippen LogP contribution >= 0.6 is 28.5 Å². The standard InChI is InChI=1S/C9H21O2PS2.Zn/c1-8(2)6-11-12(10,13-5)14-7-9(3)4;/h8-9H,6-7H2,1-5H3;/q;+2. The van der Waals surface area contributed by atoms with E-state index in [9.17, 15) is 4.57 Å². The molecule has 0 rings (SSSR count). The molecular weight excluding hydrogens is 301 g/mol. The molecule has 0 N–H and O–H groups in total. The van der Waals surface area contributed by atoms with Crippen molar-refractivity contribution in [3.05, 3.63) is 0 Å². The van der Waals surface area contributed by atoms with Crippen LogP contribution in [0.25, 0.3) is 0 Å². The van der Waals surface area contributed by atoms with Crippen molar-refractivity contribution in [1.82, 2.24) is 0 Å². The first-order valence-corrected chi connectivity index (χ1v) is 9.89. The van der Waals surface area contributed by atoms with Gasteiger partial charge >= 0.3 is 25.3 Å². The maximum absolute atomic E-state index is 12.1. The van der Waals surface area contributed by atoms with Crippen molar-refractivity contribution in [2.24, 2.45) is 11.8 Å². The summed E-state index contributed by atoms with van der Waals surface area (Å²) in [6, 6.07) is 0. The first-order valence-electron chi connectivity index (χ1n) is 4.84. The molecule has 0 aliphatic rings. The molecule has 15 heavy (non-hydrogen) atoms. The smallest absolute Gasteiger partial charge is 0.313 e. The van der Waals surface area contributed by atoms with Gasteiger partial charge in [0.1, 0.15) is 0 Å². The van der Waals surface area contributed by atoms with E-state index in [0.29, 0.717) is 18.4 Å². The maximum Gasteiger partial charge on any atom is 2.00 e. The summed E-state index contributed by atoms with van der Waals surface area (Å²) in [4.78, 5) is 0. The average Bonchev–Trinajstić information content (AvgIpc) is 2.11. The van der Waals surface area contributed by atoms with Crippen molar-refractivity contribution >= 4 is 28.5 Å². The summed E-state index contributed by atoms with van der Waals surface area (Å²) in [5, 5.41) is 0. The Morgan fingerprint density at radius 3 is 2.07 bits per heavy atom. The number of hydrogen-bond donors (Lipinski definition) is 0. The third-order valence-electron chi connectivity index (χ3n) is 1.36. The Balaban J connectivity index is 0. The summed E-state index contributed by atoms with van der Waals surface area (Å²) >= 11 is 2.82. The molecule has 0 bridgehead atoms. The van der Waals surface area contributed by atoms with Gasteiger partial charge in [0, 0.05) is 5.75 Å². The molecule has 0 amide bonds. The Kier molecular flexibility index (Phi) is 12.0. The zero-order valence-electron chi connectivity index (χ0n) is 10.4. The molecule has 0 aromatic carbocycles. The third kappa shape index (κ3) is 10.4. The normalized spacial score (nSPS) is 15.1. The molecule has 0 spiro atoms. The summed E-state index contributed by atoms with van der Waals surface area (Å²) in [5.41, 5.74) is 0. The SMILES string of the molecule is CSP(=O)(OCC(C)C)SCC(C)C.[Zn+2]. The van der Waals surface area contributed by atoms with E-state index >= 15 is 0 Å². The third-order valence-corrected chi connectivity index (χ3v) is 9.06. The van der Waals surface area contributed by atoms with E-state index in [-0.39, 0.29) is 19.5 Å². The van der Waals surface area contributed by atoms with Crippen LogP contribution in [0, 0.1) is 11.8 Å². The molecule has 2 nitrogen and oxygen atoms in total. The summed E-state index contributed by atoms with van der Waals surface area (Å²) in [6.45, 7) is 8.97. The van der Waals surface area contributed by atoms with E-state index in [4.69, 9.17) is 4.52 Å². The quantitative estimate of drug-likeness (QED) is 0.509. The van der Waals surface area contributed by atoms with Gasteiger partial charge in [-0.05, 0) is 18.1 Å². The number of rotatable bonds is 7. The number of hydrogen-bond acceptors (Lipinski definition) is 4. The molecule has 0 heterocycles. The summed E-state index contributed by atoms with van der Waals surface area (Å²) in [7, 11) is 0. The predicted molar refractivity (Wildman–Crippen MR) is 69.2 cm³/mol. The van der Waals surface area contributed by atoms with Crippen LogP contribution in [0.2, 0.25) is 0 Å². The van der Waals surface area contributed by atoms with Gasteiger partial charge in [0.15, 0.2) is 0 Å². The fraction of sp³-hybridized carbons (Fsp3) is 1.00. The van der Waals surface area contributed by atoms with E-state index in [0.717, 1.165) is 5.75 Å². The van der Waals surface area contributed by atoms with Gasteiger partial charge in [-0.25, -0.2) is 0 Å². The van der Waals surface area contributed by atoms with Crippen molar-refractivity contribution in [3.8, 4) is 0 Å². The monoisotopic (exact) mass is 320 g/mol. The van der Waals surface area contributed by atoms with Crippen molar-refractivity contribution < 1.29 is 28.6 Å². The fourth-order valence-electron chi connectivity index (χ4n) is 0.623. The second-order valence-electron chi connectivity index (χ2n) is 4.01. The van der Waals surface area contributed by atoms with Crippen LogP contribution in [-0.4, -0.2) is 18.6 Å². The Bertz CT molecular complexity index is 185. The van der Waals surface area contributed by atoms with Crippen molar-refractivity contribution in [1.29, 1.82) is 0 Å². The van der Waals surface area contributed by atoms with E-state index in [1.807, 2.05) is 6.26 Å². The Hall–Kier alpha value is 1.51. The molecule has 0 aromatic heterocycles. The Labute approximate surface area is 115 Å². The van der Waals surface area contributed by atoms with E-state index < -0.39 is 5.77 Å². The molecule has 0 fully saturated rings. The van der Waals surface area contributed by atoms with E-state index in [1.54, 1.807) is 0 Å². The molecule has 0 aliphatic carbocycles. The average molecular weight is 322 g/mol. The van der Waals surface area contributed by atoms with Crippen LogP contribution in [0.3, 0.4) is 0 Å². The molecule has 6 heteroatoms. The van der Waals surface area contributed by atoms with Gasteiger partial charge in [0.05, 0.1) is 6.61 Å². The Morgan fingerprint density at radius 2 is 1.73 bits per heavy atom. The van der Waals surface area contributed by atoms with Crippen LogP contribution in [0.1, 0.15) is 27.7 Å². The molecule has 1 unspecified atom stereocenters. The molecular formula is C9H21O2PS2Zn+2. The second-order valence-corrected chi connectivity index (χ2v) is 11.6.